The van der Waals surface area contributed by atoms with Gasteiger partial charge in [-0.1, -0.05) is 41.9 Å². The van der Waals surface area contributed by atoms with Crippen LogP contribution >= 0.6 is 11.6 Å². The quantitative estimate of drug-likeness (QED) is 0.709. The third-order valence-corrected chi connectivity index (χ3v) is 3.59. The third-order valence-electron chi connectivity index (χ3n) is 3.33. The Hall–Kier alpha value is -3.06. The lowest BCUT2D eigenvalue weighted by Crippen LogP contribution is -2.42. The maximum atomic E-state index is 12.4. The third kappa shape index (κ3) is 6.63. The number of benzene rings is 2. The molecule has 0 aliphatic carbocycles. The van der Waals surface area contributed by atoms with Gasteiger partial charge in [-0.25, -0.2) is 9.59 Å². The Morgan fingerprint density at radius 3 is 2.33 bits per heavy atom. The van der Waals surface area contributed by atoms with Gasteiger partial charge in [-0.2, -0.15) is 0 Å². The summed E-state index contributed by atoms with van der Waals surface area (Å²) in [6, 6.07) is 14.2. The summed E-state index contributed by atoms with van der Waals surface area (Å²) in [7, 11) is 0. The summed E-state index contributed by atoms with van der Waals surface area (Å²) < 4.78 is 10.6. The zero-order chi connectivity index (χ0) is 19.6. The number of urea groups is 1. The smallest absolute Gasteiger partial charge is 0.345 e. The van der Waals surface area contributed by atoms with Gasteiger partial charge >= 0.3 is 12.0 Å². The number of hydrogen-bond donors (Lipinski definition) is 2. The molecule has 8 heteroatoms. The van der Waals surface area contributed by atoms with Gasteiger partial charge in [0.05, 0.1) is 0 Å². The molecule has 0 aromatic heterocycles. The van der Waals surface area contributed by atoms with Crippen molar-refractivity contribution in [3.8, 4) is 5.75 Å². The summed E-state index contributed by atoms with van der Waals surface area (Å²) in [6.07, 6.45) is -1.28. The van der Waals surface area contributed by atoms with E-state index >= 15 is 0 Å². The van der Waals surface area contributed by atoms with Crippen LogP contribution in [0.15, 0.2) is 54.6 Å². The highest BCUT2D eigenvalue weighted by Crippen LogP contribution is 2.19. The molecule has 2 aromatic carbocycles. The number of esters is 1. The molecular formula is C19H19ClN2O5. The number of hydrogen-bond acceptors (Lipinski definition) is 5. The van der Waals surface area contributed by atoms with Gasteiger partial charge in [0.25, 0.3) is 5.91 Å². The second-order valence-corrected chi connectivity index (χ2v) is 5.81. The van der Waals surface area contributed by atoms with E-state index in [0.717, 1.165) is 0 Å². The monoisotopic (exact) mass is 390 g/mol. The molecule has 27 heavy (non-hydrogen) atoms. The van der Waals surface area contributed by atoms with Gasteiger partial charge in [-0.15, -0.1) is 0 Å². The Bertz CT molecular complexity index is 780. The van der Waals surface area contributed by atoms with Gasteiger partial charge in [0, 0.05) is 17.1 Å². The Morgan fingerprint density at radius 2 is 1.70 bits per heavy atom. The number of halogens is 1. The topological polar surface area (TPSA) is 93.7 Å². The summed E-state index contributed by atoms with van der Waals surface area (Å²) in [5.74, 6) is -1.09. The van der Waals surface area contributed by atoms with Crippen molar-refractivity contribution in [2.45, 2.75) is 13.0 Å². The number of nitrogens with one attached hydrogen (secondary N) is 2. The molecule has 0 aliphatic heterocycles. The summed E-state index contributed by atoms with van der Waals surface area (Å²) in [6.45, 7) is 1.66. The molecule has 0 heterocycles. The fourth-order valence-corrected chi connectivity index (χ4v) is 2.25. The molecule has 142 valence electrons. The van der Waals surface area contributed by atoms with Crippen LogP contribution in [0, 0.1) is 0 Å². The molecule has 0 saturated heterocycles. The normalized spacial score (nSPS) is 11.2. The van der Waals surface area contributed by atoms with Gasteiger partial charge in [0.2, 0.25) is 6.10 Å². The summed E-state index contributed by atoms with van der Waals surface area (Å²) in [5.41, 5.74) is 0.430. The van der Waals surface area contributed by atoms with E-state index in [2.05, 4.69) is 10.6 Å². The molecule has 0 unspecified atom stereocenters. The highest BCUT2D eigenvalue weighted by Gasteiger charge is 2.26. The second kappa shape index (κ2) is 10.2. The Labute approximate surface area is 161 Å². The first-order valence-electron chi connectivity index (χ1n) is 8.21. The van der Waals surface area contributed by atoms with Gasteiger partial charge in [0.1, 0.15) is 5.75 Å². The van der Waals surface area contributed by atoms with Crippen molar-refractivity contribution in [2.75, 3.05) is 13.2 Å². The van der Waals surface area contributed by atoms with Crippen LogP contribution in [0.4, 0.5) is 4.79 Å². The minimum Gasteiger partial charge on any atom is -0.482 e. The van der Waals surface area contributed by atoms with E-state index in [4.69, 9.17) is 21.1 Å². The number of rotatable bonds is 7. The Balaban J connectivity index is 2.02. The van der Waals surface area contributed by atoms with Crippen LogP contribution in [0.3, 0.4) is 0 Å². The highest BCUT2D eigenvalue weighted by atomic mass is 35.5. The van der Waals surface area contributed by atoms with Crippen molar-refractivity contribution in [2.24, 2.45) is 0 Å². The molecule has 7 nitrogen and oxygen atoms in total. The number of carbonyl (C=O) groups is 3. The number of imide groups is 1. The minimum atomic E-state index is -1.28. The van der Waals surface area contributed by atoms with E-state index in [1.165, 1.54) is 0 Å². The summed E-state index contributed by atoms with van der Waals surface area (Å²) in [5, 5.41) is 5.12. The highest BCUT2D eigenvalue weighted by molar-refractivity contribution is 6.30. The number of amides is 3. The standard InChI is InChI=1S/C19H19ClN2O5/c1-2-21-19(25)22-18(24)17(13-6-4-3-5-7-13)27-16(23)12-26-15-10-8-14(20)9-11-15/h3-11,17H,2,12H2,1H3,(H2,21,22,24,25)/t17-/m1/s1. The lowest BCUT2D eigenvalue weighted by atomic mass is 10.1. The number of ether oxygens (including phenoxy) is 2. The SMILES string of the molecule is CCNC(=O)NC(=O)[C@H](OC(=O)COc1ccc(Cl)cc1)c1ccccc1. The van der Waals surface area contributed by atoms with Crippen LogP contribution < -0.4 is 15.4 Å². The molecular weight excluding hydrogens is 372 g/mol. The van der Waals surface area contributed by atoms with Crippen LogP contribution in [0.25, 0.3) is 0 Å². The second-order valence-electron chi connectivity index (χ2n) is 5.37. The molecule has 0 bridgehead atoms. The van der Waals surface area contributed by atoms with Gasteiger partial charge in [0.15, 0.2) is 6.61 Å². The van der Waals surface area contributed by atoms with Gasteiger partial charge in [-0.3, -0.25) is 10.1 Å². The molecule has 0 radical (unpaired) electrons. The van der Waals surface area contributed by atoms with Crippen LogP contribution in [0.1, 0.15) is 18.6 Å². The molecule has 1 atom stereocenters. The van der Waals surface area contributed by atoms with Crippen molar-refractivity contribution in [1.29, 1.82) is 0 Å². The average Bonchev–Trinajstić information content (AvgIpc) is 2.66. The van der Waals surface area contributed by atoms with E-state index in [9.17, 15) is 14.4 Å². The van der Waals surface area contributed by atoms with Crippen molar-refractivity contribution in [3.63, 3.8) is 0 Å². The van der Waals surface area contributed by atoms with E-state index in [0.29, 0.717) is 22.9 Å². The molecule has 0 spiro atoms. The largest absolute Gasteiger partial charge is 0.482 e. The minimum absolute atomic E-state index is 0.351. The Morgan fingerprint density at radius 1 is 1.04 bits per heavy atom. The first-order chi connectivity index (χ1) is 13.0. The first-order valence-corrected chi connectivity index (χ1v) is 8.59. The average molecular weight is 391 g/mol. The molecule has 2 aromatic rings. The maximum absolute atomic E-state index is 12.4. The van der Waals surface area contributed by atoms with Crippen LogP contribution in [0.5, 0.6) is 5.75 Å². The van der Waals surface area contributed by atoms with Crippen LogP contribution in [-0.4, -0.2) is 31.1 Å². The molecule has 2 N–H and O–H groups in total. The maximum Gasteiger partial charge on any atom is 0.345 e. The summed E-state index contributed by atoms with van der Waals surface area (Å²) >= 11 is 5.79. The van der Waals surface area contributed by atoms with E-state index in [1.54, 1.807) is 61.5 Å². The fourth-order valence-electron chi connectivity index (χ4n) is 2.12. The van der Waals surface area contributed by atoms with E-state index in [-0.39, 0.29) is 0 Å². The molecule has 0 aliphatic rings. The lowest BCUT2D eigenvalue weighted by molar-refractivity contribution is -0.158. The van der Waals surface area contributed by atoms with Gasteiger partial charge < -0.3 is 14.8 Å². The van der Waals surface area contributed by atoms with Crippen molar-refractivity contribution in [3.05, 3.63) is 65.2 Å². The van der Waals surface area contributed by atoms with Gasteiger partial charge in [-0.05, 0) is 31.2 Å². The predicted octanol–water partition coefficient (Wildman–Crippen LogP) is 2.85. The van der Waals surface area contributed by atoms with Crippen molar-refractivity contribution < 1.29 is 23.9 Å². The molecule has 2 rings (SSSR count). The number of carbonyl (C=O) groups excluding carboxylic acids is 3. The Kier molecular flexibility index (Phi) is 7.63. The van der Waals surface area contributed by atoms with E-state index in [1.807, 2.05) is 0 Å². The molecule has 0 saturated carbocycles. The van der Waals surface area contributed by atoms with Crippen LogP contribution in [-0.2, 0) is 14.3 Å². The zero-order valence-electron chi connectivity index (χ0n) is 14.6. The molecule has 0 fully saturated rings. The molecule has 3 amide bonds. The first kappa shape index (κ1) is 20.3. The lowest BCUT2D eigenvalue weighted by Gasteiger charge is -2.18. The van der Waals surface area contributed by atoms with Crippen LogP contribution in [0.2, 0.25) is 5.02 Å². The van der Waals surface area contributed by atoms with Crippen molar-refractivity contribution >= 4 is 29.5 Å². The summed E-state index contributed by atoms with van der Waals surface area (Å²) in [4.78, 5) is 36.1. The zero-order valence-corrected chi connectivity index (χ0v) is 15.4. The van der Waals surface area contributed by atoms with E-state index < -0.39 is 30.6 Å². The fraction of sp³-hybridized carbons (Fsp3) is 0.211. The predicted molar refractivity (Wildman–Crippen MR) is 99.4 cm³/mol. The van der Waals surface area contributed by atoms with Crippen molar-refractivity contribution in [1.82, 2.24) is 10.6 Å².